The number of aryl methyl sites for hydroxylation is 1. The average Bonchev–Trinajstić information content (AvgIpc) is 2.73. The van der Waals surface area contributed by atoms with E-state index in [1.807, 2.05) is 25.1 Å². The highest BCUT2D eigenvalue weighted by Gasteiger charge is 2.26. The van der Waals surface area contributed by atoms with Crippen molar-refractivity contribution in [3.63, 3.8) is 0 Å². The van der Waals surface area contributed by atoms with Gasteiger partial charge in [0.05, 0.1) is 6.04 Å². The molecule has 1 aliphatic heterocycles. The van der Waals surface area contributed by atoms with Crippen molar-refractivity contribution in [2.24, 2.45) is 5.73 Å². The Morgan fingerprint density at radius 3 is 3.06 bits per heavy atom. The van der Waals surface area contributed by atoms with Gasteiger partial charge in [-0.2, -0.15) is 0 Å². The highest BCUT2D eigenvalue weighted by Crippen LogP contribution is 2.06. The number of carbonyl (C=O) groups excluding carboxylic acids is 1. The van der Waals surface area contributed by atoms with Crippen molar-refractivity contribution in [2.75, 3.05) is 6.54 Å². The van der Waals surface area contributed by atoms with Crippen LogP contribution < -0.4 is 16.4 Å². The molecule has 1 fully saturated rings. The molecule has 1 heterocycles. The Morgan fingerprint density at radius 1 is 1.59 bits per heavy atom. The normalized spacial score (nSPS) is 23.6. The molecule has 17 heavy (non-hydrogen) atoms. The third-order valence-electron chi connectivity index (χ3n) is 3.03. The molecule has 1 aromatic rings. The summed E-state index contributed by atoms with van der Waals surface area (Å²) in [6.45, 7) is 3.35. The van der Waals surface area contributed by atoms with E-state index < -0.39 is 0 Å². The van der Waals surface area contributed by atoms with Crippen LogP contribution in [0.2, 0.25) is 0 Å². The highest BCUT2D eigenvalue weighted by atomic mass is 16.2. The lowest BCUT2D eigenvalue weighted by Gasteiger charge is -2.11. The van der Waals surface area contributed by atoms with Crippen LogP contribution in [0.1, 0.15) is 17.5 Å². The third kappa shape index (κ3) is 3.28. The van der Waals surface area contributed by atoms with Crippen LogP contribution in [0.15, 0.2) is 24.3 Å². The summed E-state index contributed by atoms with van der Waals surface area (Å²) in [6, 6.07) is 8.11. The van der Waals surface area contributed by atoms with E-state index in [0.29, 0.717) is 6.54 Å². The lowest BCUT2D eigenvalue weighted by molar-refractivity contribution is -0.122. The van der Waals surface area contributed by atoms with E-state index in [4.69, 9.17) is 5.73 Å². The number of rotatable bonds is 3. The van der Waals surface area contributed by atoms with E-state index in [1.54, 1.807) is 0 Å². The lowest BCUT2D eigenvalue weighted by atomic mass is 10.1. The van der Waals surface area contributed by atoms with Crippen LogP contribution in [0.3, 0.4) is 0 Å². The molecule has 0 unspecified atom stereocenters. The zero-order chi connectivity index (χ0) is 12.3. The maximum Gasteiger partial charge on any atom is 0.237 e. The first kappa shape index (κ1) is 12.1. The molecule has 4 heteroatoms. The van der Waals surface area contributed by atoms with Gasteiger partial charge in [-0.3, -0.25) is 4.79 Å². The molecule has 1 aliphatic rings. The zero-order valence-electron chi connectivity index (χ0n) is 10.1. The Balaban J connectivity index is 1.84. The van der Waals surface area contributed by atoms with E-state index in [-0.39, 0.29) is 18.0 Å². The largest absolute Gasteiger partial charge is 0.351 e. The Labute approximate surface area is 102 Å². The second-order valence-electron chi connectivity index (χ2n) is 4.66. The fourth-order valence-corrected chi connectivity index (χ4v) is 2.10. The van der Waals surface area contributed by atoms with Crippen molar-refractivity contribution in [1.82, 2.24) is 10.6 Å². The minimum absolute atomic E-state index is 0.0412. The summed E-state index contributed by atoms with van der Waals surface area (Å²) in [5.74, 6) is 0.0412. The molecule has 2 atom stereocenters. The van der Waals surface area contributed by atoms with E-state index in [0.717, 1.165) is 18.5 Å². The number of hydrogen-bond donors (Lipinski definition) is 3. The summed E-state index contributed by atoms with van der Waals surface area (Å²) in [5.41, 5.74) is 8.08. The van der Waals surface area contributed by atoms with Crippen LogP contribution in [0.5, 0.6) is 0 Å². The molecule has 0 bridgehead atoms. The van der Waals surface area contributed by atoms with Gasteiger partial charge in [0.15, 0.2) is 0 Å². The van der Waals surface area contributed by atoms with Crippen LogP contribution in [-0.2, 0) is 11.3 Å². The second kappa shape index (κ2) is 5.29. The van der Waals surface area contributed by atoms with Gasteiger partial charge >= 0.3 is 0 Å². The van der Waals surface area contributed by atoms with Gasteiger partial charge in [0.2, 0.25) is 5.91 Å². The molecule has 1 amide bonds. The van der Waals surface area contributed by atoms with Crippen molar-refractivity contribution in [1.29, 1.82) is 0 Å². The van der Waals surface area contributed by atoms with Crippen LogP contribution in [0.4, 0.5) is 0 Å². The molecule has 0 radical (unpaired) electrons. The van der Waals surface area contributed by atoms with Gasteiger partial charge < -0.3 is 16.4 Å². The zero-order valence-corrected chi connectivity index (χ0v) is 10.1. The Hall–Kier alpha value is -1.39. The summed E-state index contributed by atoms with van der Waals surface area (Å²) in [4.78, 5) is 11.8. The second-order valence-corrected chi connectivity index (χ2v) is 4.66. The van der Waals surface area contributed by atoms with Gasteiger partial charge in [-0.05, 0) is 18.9 Å². The fourth-order valence-electron chi connectivity index (χ4n) is 2.10. The Morgan fingerprint density at radius 2 is 2.41 bits per heavy atom. The predicted molar refractivity (Wildman–Crippen MR) is 67.4 cm³/mol. The molecule has 1 saturated heterocycles. The fraction of sp³-hybridized carbons (Fsp3) is 0.462. The standard InChI is InChI=1S/C13H19N3O/c1-9-3-2-4-10(5-9)7-16-13(17)12-6-11(14)8-15-12/h2-5,11-12,15H,6-8,14H2,1H3,(H,16,17)/t11-,12+/m1/s1. The maximum atomic E-state index is 11.8. The minimum Gasteiger partial charge on any atom is -0.351 e. The molecule has 0 aromatic heterocycles. The van der Waals surface area contributed by atoms with Crippen LogP contribution in [-0.4, -0.2) is 24.5 Å². The summed E-state index contributed by atoms with van der Waals surface area (Å²) >= 11 is 0. The Bertz CT molecular complexity index is 405. The van der Waals surface area contributed by atoms with Crippen molar-refractivity contribution < 1.29 is 4.79 Å². The predicted octanol–water partition coefficient (Wildman–Crippen LogP) is 0.300. The van der Waals surface area contributed by atoms with Crippen molar-refractivity contribution in [2.45, 2.75) is 32.0 Å². The van der Waals surface area contributed by atoms with E-state index in [9.17, 15) is 4.79 Å². The molecule has 4 nitrogen and oxygen atoms in total. The number of hydrogen-bond acceptors (Lipinski definition) is 3. The first-order valence-electron chi connectivity index (χ1n) is 5.97. The van der Waals surface area contributed by atoms with Crippen LogP contribution >= 0.6 is 0 Å². The summed E-state index contributed by atoms with van der Waals surface area (Å²) in [7, 11) is 0. The summed E-state index contributed by atoms with van der Waals surface area (Å²) in [6.07, 6.45) is 0.722. The van der Waals surface area contributed by atoms with Crippen molar-refractivity contribution in [3.05, 3.63) is 35.4 Å². The van der Waals surface area contributed by atoms with Crippen LogP contribution in [0.25, 0.3) is 0 Å². The quantitative estimate of drug-likeness (QED) is 0.703. The number of amides is 1. The summed E-state index contributed by atoms with van der Waals surface area (Å²) < 4.78 is 0. The van der Waals surface area contributed by atoms with E-state index in [1.165, 1.54) is 5.56 Å². The average molecular weight is 233 g/mol. The number of nitrogens with two attached hydrogens (primary N) is 1. The molecule has 92 valence electrons. The third-order valence-corrected chi connectivity index (χ3v) is 3.03. The van der Waals surface area contributed by atoms with Crippen molar-refractivity contribution in [3.8, 4) is 0 Å². The number of nitrogens with one attached hydrogen (secondary N) is 2. The molecular formula is C13H19N3O. The topological polar surface area (TPSA) is 67.2 Å². The highest BCUT2D eigenvalue weighted by molar-refractivity contribution is 5.82. The smallest absolute Gasteiger partial charge is 0.237 e. The number of benzene rings is 1. The molecule has 0 spiro atoms. The first-order chi connectivity index (χ1) is 8.15. The first-order valence-corrected chi connectivity index (χ1v) is 5.97. The molecule has 0 saturated carbocycles. The SMILES string of the molecule is Cc1cccc(CNC(=O)[C@@H]2C[C@@H](N)CN2)c1. The van der Waals surface area contributed by atoms with Gasteiger partial charge in [0.1, 0.15) is 0 Å². The molecule has 1 aromatic carbocycles. The molecule has 0 aliphatic carbocycles. The summed E-state index contributed by atoms with van der Waals surface area (Å²) in [5, 5.41) is 6.05. The molecule has 2 rings (SSSR count). The monoisotopic (exact) mass is 233 g/mol. The van der Waals surface area contributed by atoms with E-state index in [2.05, 4.69) is 16.7 Å². The van der Waals surface area contributed by atoms with Gasteiger partial charge in [0.25, 0.3) is 0 Å². The van der Waals surface area contributed by atoms with Gasteiger partial charge in [-0.25, -0.2) is 0 Å². The van der Waals surface area contributed by atoms with Crippen molar-refractivity contribution >= 4 is 5.91 Å². The lowest BCUT2D eigenvalue weighted by Crippen LogP contribution is -2.40. The van der Waals surface area contributed by atoms with Gasteiger partial charge in [0, 0.05) is 19.1 Å². The van der Waals surface area contributed by atoms with E-state index >= 15 is 0 Å². The number of carbonyl (C=O) groups is 1. The van der Waals surface area contributed by atoms with Gasteiger partial charge in [-0.1, -0.05) is 29.8 Å². The molecule has 4 N–H and O–H groups in total. The Kier molecular flexibility index (Phi) is 3.76. The molecular weight excluding hydrogens is 214 g/mol. The van der Waals surface area contributed by atoms with Gasteiger partial charge in [-0.15, -0.1) is 0 Å². The van der Waals surface area contributed by atoms with Crippen LogP contribution in [0, 0.1) is 6.92 Å². The minimum atomic E-state index is -0.130. The maximum absolute atomic E-state index is 11.8.